The number of hydrogen-bond acceptors (Lipinski definition) is 5. The predicted octanol–water partition coefficient (Wildman–Crippen LogP) is 2.64. The van der Waals surface area contributed by atoms with Crippen molar-refractivity contribution >= 4 is 21.7 Å². The van der Waals surface area contributed by atoms with E-state index in [0.29, 0.717) is 17.9 Å². The molecule has 1 aromatic carbocycles. The second-order valence-corrected chi connectivity index (χ2v) is 9.35. The molecule has 8 nitrogen and oxygen atoms in total. The molecule has 1 N–H and O–H groups in total. The number of anilines is 1. The van der Waals surface area contributed by atoms with Gasteiger partial charge < -0.3 is 5.32 Å². The minimum absolute atomic E-state index is 0.125. The van der Waals surface area contributed by atoms with Gasteiger partial charge in [0, 0.05) is 50.9 Å². The third-order valence-electron chi connectivity index (χ3n) is 4.90. The molecule has 0 saturated heterocycles. The molecule has 158 valence electrons. The molecule has 0 bridgehead atoms. The number of aromatic nitrogens is 3. The highest BCUT2D eigenvalue weighted by atomic mass is 32.2. The van der Waals surface area contributed by atoms with Crippen LogP contribution in [0.4, 0.5) is 5.82 Å². The van der Waals surface area contributed by atoms with Gasteiger partial charge in [-0.3, -0.25) is 14.5 Å². The standard InChI is InChI=1S/C21H25N5O3S/c1-15-13-18(14-19(16(15)2)30(28,29)25(3)4)21(27)23-20-8-12-26(24-20)11-7-17-5-9-22-10-6-17/h5-6,8-10,12-14H,7,11H2,1-4H3,(H,23,24,27). The fourth-order valence-electron chi connectivity index (χ4n) is 2.96. The highest BCUT2D eigenvalue weighted by molar-refractivity contribution is 7.89. The number of carbonyl (C=O) groups is 1. The number of carbonyl (C=O) groups excluding carboxylic acids is 1. The van der Waals surface area contributed by atoms with Gasteiger partial charge in [-0.1, -0.05) is 0 Å². The fraction of sp³-hybridized carbons (Fsp3) is 0.286. The SMILES string of the molecule is Cc1cc(C(=O)Nc2ccn(CCc3ccncc3)n2)cc(S(=O)(=O)N(C)C)c1C. The Morgan fingerprint density at radius 3 is 2.50 bits per heavy atom. The molecule has 3 rings (SSSR count). The van der Waals surface area contributed by atoms with E-state index in [2.05, 4.69) is 15.4 Å². The molecule has 0 spiro atoms. The Balaban J connectivity index is 1.75. The Kier molecular flexibility index (Phi) is 6.33. The maximum absolute atomic E-state index is 12.7. The molecule has 0 unspecified atom stereocenters. The predicted molar refractivity (Wildman–Crippen MR) is 115 cm³/mol. The number of rotatable bonds is 7. The maximum atomic E-state index is 12.7. The van der Waals surface area contributed by atoms with E-state index in [0.717, 1.165) is 21.9 Å². The Morgan fingerprint density at radius 2 is 1.83 bits per heavy atom. The molecule has 0 aliphatic heterocycles. The van der Waals surface area contributed by atoms with E-state index in [9.17, 15) is 13.2 Å². The van der Waals surface area contributed by atoms with E-state index < -0.39 is 15.9 Å². The molecule has 0 fully saturated rings. The van der Waals surface area contributed by atoms with Gasteiger partial charge in [0.05, 0.1) is 4.90 Å². The summed E-state index contributed by atoms with van der Waals surface area (Å²) in [6.45, 7) is 4.18. The molecular weight excluding hydrogens is 402 g/mol. The number of nitrogens with zero attached hydrogens (tertiary/aromatic N) is 4. The van der Waals surface area contributed by atoms with Crippen LogP contribution in [0.15, 0.2) is 53.8 Å². The zero-order valence-corrected chi connectivity index (χ0v) is 18.3. The van der Waals surface area contributed by atoms with E-state index in [-0.39, 0.29) is 10.5 Å². The summed E-state index contributed by atoms with van der Waals surface area (Å²) in [6.07, 6.45) is 6.08. The van der Waals surface area contributed by atoms with Gasteiger partial charge in [-0.05, 0) is 61.2 Å². The van der Waals surface area contributed by atoms with Crippen LogP contribution in [0.3, 0.4) is 0 Å². The molecule has 0 atom stereocenters. The summed E-state index contributed by atoms with van der Waals surface area (Å²) in [6, 6.07) is 8.70. The maximum Gasteiger partial charge on any atom is 0.256 e. The molecule has 30 heavy (non-hydrogen) atoms. The van der Waals surface area contributed by atoms with Crippen molar-refractivity contribution in [1.82, 2.24) is 19.1 Å². The quantitative estimate of drug-likeness (QED) is 0.625. The first-order valence-electron chi connectivity index (χ1n) is 9.46. The topological polar surface area (TPSA) is 97.2 Å². The summed E-state index contributed by atoms with van der Waals surface area (Å²) < 4.78 is 28.1. The lowest BCUT2D eigenvalue weighted by Crippen LogP contribution is -2.24. The van der Waals surface area contributed by atoms with Gasteiger partial charge in [0.15, 0.2) is 5.82 Å². The average Bonchev–Trinajstić information content (AvgIpc) is 3.16. The summed E-state index contributed by atoms with van der Waals surface area (Å²) in [4.78, 5) is 16.9. The average molecular weight is 428 g/mol. The largest absolute Gasteiger partial charge is 0.305 e. The van der Waals surface area contributed by atoms with Gasteiger partial charge in [-0.2, -0.15) is 5.10 Å². The van der Waals surface area contributed by atoms with Gasteiger partial charge in [0.25, 0.3) is 5.91 Å². The second kappa shape index (κ2) is 8.76. The van der Waals surface area contributed by atoms with E-state index >= 15 is 0 Å². The first kappa shape index (κ1) is 21.7. The van der Waals surface area contributed by atoms with Crippen molar-refractivity contribution in [3.8, 4) is 0 Å². The molecule has 0 saturated carbocycles. The zero-order valence-electron chi connectivity index (χ0n) is 17.5. The van der Waals surface area contributed by atoms with E-state index in [1.807, 2.05) is 12.1 Å². The molecule has 0 aliphatic carbocycles. The van der Waals surface area contributed by atoms with Crippen molar-refractivity contribution in [3.05, 3.63) is 71.2 Å². The first-order valence-corrected chi connectivity index (χ1v) is 10.9. The van der Waals surface area contributed by atoms with Crippen LogP contribution in [0.5, 0.6) is 0 Å². The number of benzene rings is 1. The summed E-state index contributed by atoms with van der Waals surface area (Å²) in [5.74, 6) is -0.00216. The lowest BCUT2D eigenvalue weighted by Gasteiger charge is -2.16. The lowest BCUT2D eigenvalue weighted by molar-refractivity contribution is 0.102. The summed E-state index contributed by atoms with van der Waals surface area (Å²) in [5, 5.41) is 7.11. The van der Waals surface area contributed by atoms with Crippen molar-refractivity contribution in [2.45, 2.75) is 31.7 Å². The normalized spacial score (nSPS) is 11.6. The Morgan fingerprint density at radius 1 is 1.13 bits per heavy atom. The van der Waals surface area contributed by atoms with Crippen LogP contribution in [0.1, 0.15) is 27.0 Å². The third kappa shape index (κ3) is 4.74. The minimum Gasteiger partial charge on any atom is -0.305 e. The van der Waals surface area contributed by atoms with Crippen molar-refractivity contribution in [2.24, 2.45) is 0 Å². The van der Waals surface area contributed by atoms with Crippen LogP contribution < -0.4 is 5.32 Å². The molecular formula is C21H25N5O3S. The zero-order chi connectivity index (χ0) is 21.9. The van der Waals surface area contributed by atoms with E-state index in [4.69, 9.17) is 0 Å². The van der Waals surface area contributed by atoms with Gasteiger partial charge in [0.1, 0.15) is 0 Å². The Labute approximate surface area is 176 Å². The van der Waals surface area contributed by atoms with Crippen molar-refractivity contribution in [3.63, 3.8) is 0 Å². The summed E-state index contributed by atoms with van der Waals surface area (Å²) in [5.41, 5.74) is 2.77. The molecule has 1 amide bonds. The monoisotopic (exact) mass is 427 g/mol. The second-order valence-electron chi connectivity index (χ2n) is 7.23. The third-order valence-corrected chi connectivity index (χ3v) is 6.84. The van der Waals surface area contributed by atoms with Gasteiger partial charge >= 0.3 is 0 Å². The number of amides is 1. The van der Waals surface area contributed by atoms with Crippen LogP contribution >= 0.6 is 0 Å². The molecule has 9 heteroatoms. The van der Waals surface area contributed by atoms with E-state index in [1.54, 1.807) is 49.3 Å². The molecule has 0 radical (unpaired) electrons. The lowest BCUT2D eigenvalue weighted by atomic mass is 10.1. The molecule has 2 aromatic heterocycles. The summed E-state index contributed by atoms with van der Waals surface area (Å²) >= 11 is 0. The Bertz CT molecular complexity index is 1150. The highest BCUT2D eigenvalue weighted by Gasteiger charge is 2.23. The molecule has 2 heterocycles. The number of hydrogen-bond donors (Lipinski definition) is 1. The number of sulfonamides is 1. The number of aryl methyl sites for hydroxylation is 3. The minimum atomic E-state index is -3.66. The van der Waals surface area contributed by atoms with Crippen LogP contribution in [0.2, 0.25) is 0 Å². The van der Waals surface area contributed by atoms with Crippen molar-refractivity contribution in [1.29, 1.82) is 0 Å². The van der Waals surface area contributed by atoms with Gasteiger partial charge in [-0.15, -0.1) is 0 Å². The van der Waals surface area contributed by atoms with Crippen LogP contribution in [0, 0.1) is 13.8 Å². The Hall–Kier alpha value is -3.04. The fourth-order valence-corrected chi connectivity index (χ4v) is 4.17. The van der Waals surface area contributed by atoms with Gasteiger partial charge in [-0.25, -0.2) is 12.7 Å². The van der Waals surface area contributed by atoms with Crippen molar-refractivity contribution in [2.75, 3.05) is 19.4 Å². The van der Waals surface area contributed by atoms with E-state index in [1.165, 1.54) is 20.2 Å². The van der Waals surface area contributed by atoms with Crippen molar-refractivity contribution < 1.29 is 13.2 Å². The van der Waals surface area contributed by atoms with Crippen LogP contribution in [0.25, 0.3) is 0 Å². The smallest absolute Gasteiger partial charge is 0.256 e. The highest BCUT2D eigenvalue weighted by Crippen LogP contribution is 2.24. The van der Waals surface area contributed by atoms with Crippen LogP contribution in [-0.4, -0.2) is 47.5 Å². The van der Waals surface area contributed by atoms with Crippen LogP contribution in [-0.2, 0) is 23.0 Å². The summed E-state index contributed by atoms with van der Waals surface area (Å²) in [7, 11) is -0.724. The molecule has 3 aromatic rings. The number of pyridine rings is 1. The molecule has 0 aliphatic rings. The number of nitrogens with one attached hydrogen (secondary N) is 1. The van der Waals surface area contributed by atoms with Gasteiger partial charge in [0.2, 0.25) is 10.0 Å². The first-order chi connectivity index (χ1) is 14.2.